The summed E-state index contributed by atoms with van der Waals surface area (Å²) in [5.41, 5.74) is 0.390. The van der Waals surface area contributed by atoms with Crippen molar-refractivity contribution in [2.24, 2.45) is 5.92 Å². The molecule has 0 spiro atoms. The van der Waals surface area contributed by atoms with E-state index in [0.717, 1.165) is 0 Å². The maximum Gasteiger partial charge on any atom is 0.308 e. The van der Waals surface area contributed by atoms with E-state index in [1.165, 1.54) is 23.2 Å². The van der Waals surface area contributed by atoms with Crippen LogP contribution in [0.5, 0.6) is 0 Å². The number of nitrogens with zero attached hydrogens (tertiary/aromatic N) is 3. The highest BCUT2D eigenvalue weighted by atomic mass is 16.4. The van der Waals surface area contributed by atoms with Crippen LogP contribution in [-0.2, 0) is 9.59 Å². The van der Waals surface area contributed by atoms with Crippen molar-refractivity contribution in [2.45, 2.75) is 6.42 Å². The van der Waals surface area contributed by atoms with Crippen molar-refractivity contribution in [3.05, 3.63) is 23.9 Å². The summed E-state index contributed by atoms with van der Waals surface area (Å²) in [6.07, 6.45) is 1.41. The van der Waals surface area contributed by atoms with Crippen molar-refractivity contribution >= 4 is 17.7 Å². The monoisotopic (exact) mass is 231 g/mol. The first kappa shape index (κ1) is 11.1. The molecule has 17 heavy (non-hydrogen) atoms. The molecule has 6 heteroatoms. The summed E-state index contributed by atoms with van der Waals surface area (Å²) in [5, 5.41) is 17.6. The number of nitriles is 1. The predicted molar refractivity (Wildman–Crippen MR) is 57.0 cm³/mol. The van der Waals surface area contributed by atoms with Crippen LogP contribution < -0.4 is 4.90 Å². The first-order chi connectivity index (χ1) is 8.11. The molecule has 0 bridgehead atoms. The van der Waals surface area contributed by atoms with Gasteiger partial charge in [0, 0.05) is 19.2 Å². The lowest BCUT2D eigenvalue weighted by Gasteiger charge is -2.14. The van der Waals surface area contributed by atoms with E-state index in [1.54, 1.807) is 0 Å². The topological polar surface area (TPSA) is 94.3 Å². The summed E-state index contributed by atoms with van der Waals surface area (Å²) in [5.74, 6) is -1.63. The van der Waals surface area contributed by atoms with Crippen molar-refractivity contribution in [2.75, 3.05) is 11.4 Å². The molecule has 1 amide bonds. The van der Waals surface area contributed by atoms with E-state index < -0.39 is 11.9 Å². The molecule has 1 aliphatic heterocycles. The highest BCUT2D eigenvalue weighted by molar-refractivity contribution is 5.98. The Bertz CT molecular complexity index is 521. The highest BCUT2D eigenvalue weighted by Crippen LogP contribution is 2.23. The number of carboxylic acid groups (broad SMARTS) is 1. The molecule has 1 aliphatic rings. The molecular formula is C11H9N3O3. The Labute approximate surface area is 97.1 Å². The number of carboxylic acids is 1. The van der Waals surface area contributed by atoms with E-state index in [-0.39, 0.29) is 18.9 Å². The van der Waals surface area contributed by atoms with Crippen LogP contribution in [0.15, 0.2) is 18.3 Å². The van der Waals surface area contributed by atoms with Crippen LogP contribution in [0.1, 0.15) is 12.0 Å². The molecule has 1 fully saturated rings. The standard InChI is InChI=1S/C11H9N3O3/c12-5-7-1-2-13-9(3-7)14-6-8(11(16)17)4-10(14)15/h1-3,8H,4,6H2,(H,16,17). The largest absolute Gasteiger partial charge is 0.481 e. The molecule has 0 aromatic carbocycles. The van der Waals surface area contributed by atoms with E-state index in [0.29, 0.717) is 11.4 Å². The van der Waals surface area contributed by atoms with E-state index >= 15 is 0 Å². The number of carbonyl (C=O) groups excluding carboxylic acids is 1. The molecule has 2 heterocycles. The molecule has 1 unspecified atom stereocenters. The quantitative estimate of drug-likeness (QED) is 0.794. The van der Waals surface area contributed by atoms with Crippen molar-refractivity contribution < 1.29 is 14.7 Å². The second-order valence-electron chi connectivity index (χ2n) is 3.76. The van der Waals surface area contributed by atoms with Crippen molar-refractivity contribution in [3.63, 3.8) is 0 Å². The molecule has 1 atom stereocenters. The molecule has 1 aromatic rings. The zero-order chi connectivity index (χ0) is 12.4. The maximum atomic E-state index is 11.6. The molecule has 6 nitrogen and oxygen atoms in total. The van der Waals surface area contributed by atoms with Gasteiger partial charge >= 0.3 is 5.97 Å². The van der Waals surface area contributed by atoms with Crippen LogP contribution in [0.25, 0.3) is 0 Å². The summed E-state index contributed by atoms with van der Waals surface area (Å²) < 4.78 is 0. The second kappa shape index (κ2) is 4.22. The lowest BCUT2D eigenvalue weighted by molar-refractivity contribution is -0.141. The van der Waals surface area contributed by atoms with Gasteiger partial charge < -0.3 is 5.11 Å². The van der Waals surface area contributed by atoms with Gasteiger partial charge in [-0.25, -0.2) is 4.98 Å². The van der Waals surface area contributed by atoms with E-state index in [4.69, 9.17) is 10.4 Å². The van der Waals surface area contributed by atoms with Gasteiger partial charge in [-0.15, -0.1) is 0 Å². The van der Waals surface area contributed by atoms with E-state index in [1.807, 2.05) is 6.07 Å². The van der Waals surface area contributed by atoms with Crippen molar-refractivity contribution in [3.8, 4) is 6.07 Å². The fourth-order valence-electron chi connectivity index (χ4n) is 1.73. The lowest BCUT2D eigenvalue weighted by atomic mass is 10.1. The lowest BCUT2D eigenvalue weighted by Crippen LogP contribution is -2.26. The van der Waals surface area contributed by atoms with E-state index in [9.17, 15) is 9.59 Å². The SMILES string of the molecule is N#Cc1ccnc(N2CC(C(=O)O)CC2=O)c1. The number of rotatable bonds is 2. The van der Waals surface area contributed by atoms with Gasteiger partial charge in [0.05, 0.1) is 17.6 Å². The second-order valence-corrected chi connectivity index (χ2v) is 3.76. The Balaban J connectivity index is 2.26. The Morgan fingerprint density at radius 1 is 1.65 bits per heavy atom. The number of carbonyl (C=O) groups is 2. The number of aromatic nitrogens is 1. The zero-order valence-corrected chi connectivity index (χ0v) is 8.83. The van der Waals surface area contributed by atoms with Gasteiger partial charge in [0.2, 0.25) is 5.91 Å². The number of hydrogen-bond acceptors (Lipinski definition) is 4. The zero-order valence-electron chi connectivity index (χ0n) is 8.83. The normalized spacial score (nSPS) is 19.1. The third-order valence-corrected chi connectivity index (χ3v) is 2.63. The number of pyridine rings is 1. The number of amides is 1. The molecule has 1 aromatic heterocycles. The molecule has 1 N–H and O–H groups in total. The fraction of sp³-hybridized carbons (Fsp3) is 0.273. The van der Waals surface area contributed by atoms with Crippen LogP contribution in [0, 0.1) is 17.2 Å². The van der Waals surface area contributed by atoms with Crippen LogP contribution >= 0.6 is 0 Å². The van der Waals surface area contributed by atoms with Crippen LogP contribution in [0.2, 0.25) is 0 Å². The van der Waals surface area contributed by atoms with Crippen LogP contribution in [0.3, 0.4) is 0 Å². The molecule has 0 saturated carbocycles. The maximum absolute atomic E-state index is 11.6. The minimum atomic E-state index is -0.989. The predicted octanol–water partition coefficient (Wildman–Crippen LogP) is 0.391. The Hall–Kier alpha value is -2.42. The molecule has 2 rings (SSSR count). The van der Waals surface area contributed by atoms with Gasteiger partial charge in [0.25, 0.3) is 0 Å². The summed E-state index contributed by atoms with van der Waals surface area (Å²) in [4.78, 5) is 27.7. The van der Waals surface area contributed by atoms with Crippen LogP contribution in [-0.4, -0.2) is 28.5 Å². The first-order valence-corrected chi connectivity index (χ1v) is 5.01. The molecule has 0 radical (unpaired) electrons. The number of anilines is 1. The van der Waals surface area contributed by atoms with Crippen LogP contribution in [0.4, 0.5) is 5.82 Å². The Morgan fingerprint density at radius 2 is 2.41 bits per heavy atom. The van der Waals surface area contributed by atoms with Gasteiger partial charge in [0.1, 0.15) is 5.82 Å². The smallest absolute Gasteiger partial charge is 0.308 e. The minimum absolute atomic E-state index is 0.0200. The molecular weight excluding hydrogens is 222 g/mol. The fourth-order valence-corrected chi connectivity index (χ4v) is 1.73. The Morgan fingerprint density at radius 3 is 3.00 bits per heavy atom. The molecule has 1 saturated heterocycles. The van der Waals surface area contributed by atoms with Gasteiger partial charge in [-0.2, -0.15) is 5.26 Å². The van der Waals surface area contributed by atoms with E-state index in [2.05, 4.69) is 4.98 Å². The highest BCUT2D eigenvalue weighted by Gasteiger charge is 2.35. The number of hydrogen-bond donors (Lipinski definition) is 1. The van der Waals surface area contributed by atoms with Gasteiger partial charge in [-0.05, 0) is 12.1 Å². The van der Waals surface area contributed by atoms with Gasteiger partial charge in [-0.3, -0.25) is 14.5 Å². The average molecular weight is 231 g/mol. The van der Waals surface area contributed by atoms with Gasteiger partial charge in [-0.1, -0.05) is 0 Å². The first-order valence-electron chi connectivity index (χ1n) is 5.01. The van der Waals surface area contributed by atoms with Crippen molar-refractivity contribution in [1.29, 1.82) is 5.26 Å². The molecule has 0 aliphatic carbocycles. The number of aliphatic carboxylic acids is 1. The molecule has 86 valence electrons. The van der Waals surface area contributed by atoms with Crippen molar-refractivity contribution in [1.82, 2.24) is 4.98 Å². The average Bonchev–Trinajstić information content (AvgIpc) is 2.72. The summed E-state index contributed by atoms with van der Waals surface area (Å²) in [6, 6.07) is 4.95. The summed E-state index contributed by atoms with van der Waals surface area (Å²) in [6.45, 7) is 0.107. The summed E-state index contributed by atoms with van der Waals surface area (Å²) >= 11 is 0. The third-order valence-electron chi connectivity index (χ3n) is 2.63. The Kier molecular flexibility index (Phi) is 2.75. The third kappa shape index (κ3) is 2.08. The minimum Gasteiger partial charge on any atom is -0.481 e. The summed E-state index contributed by atoms with van der Waals surface area (Å²) in [7, 11) is 0. The van der Waals surface area contributed by atoms with Gasteiger partial charge in [0.15, 0.2) is 0 Å².